The third-order valence-electron chi connectivity index (χ3n) is 6.74. The van der Waals surface area contributed by atoms with Crippen molar-refractivity contribution in [2.24, 2.45) is 0 Å². The zero-order chi connectivity index (χ0) is 31.7. The van der Waals surface area contributed by atoms with Crippen LogP contribution in [0.5, 0.6) is 5.75 Å². The number of piperazine rings is 1. The Balaban J connectivity index is 0.000000670. The first kappa shape index (κ1) is 31.9. The van der Waals surface area contributed by atoms with Crippen LogP contribution >= 0.6 is 0 Å². The number of methoxy groups -OCH3 is 1. The van der Waals surface area contributed by atoms with E-state index in [1.165, 1.54) is 6.20 Å². The van der Waals surface area contributed by atoms with Crippen molar-refractivity contribution in [1.29, 1.82) is 5.26 Å². The van der Waals surface area contributed by atoms with E-state index in [2.05, 4.69) is 16.1 Å². The minimum atomic E-state index is -4.64. The van der Waals surface area contributed by atoms with Gasteiger partial charge in [-0.3, -0.25) is 9.59 Å². The molecule has 1 aliphatic rings. The summed E-state index contributed by atoms with van der Waals surface area (Å²) < 4.78 is 44.0. The molecule has 1 aromatic carbocycles. The van der Waals surface area contributed by atoms with E-state index >= 15 is 0 Å². The molecule has 11 nitrogen and oxygen atoms in total. The number of aliphatic hydroxyl groups excluding tert-OH is 1. The van der Waals surface area contributed by atoms with Crippen LogP contribution in [0.2, 0.25) is 0 Å². The lowest BCUT2D eigenvalue weighted by molar-refractivity contribution is -0.156. The van der Waals surface area contributed by atoms with E-state index in [0.717, 1.165) is 22.5 Å². The monoisotopic (exact) mass is 610 g/mol. The van der Waals surface area contributed by atoms with Crippen molar-refractivity contribution < 1.29 is 37.3 Å². The van der Waals surface area contributed by atoms with Crippen LogP contribution in [0.25, 0.3) is 16.6 Å². The van der Waals surface area contributed by atoms with Gasteiger partial charge in [-0.1, -0.05) is 30.3 Å². The third-order valence-corrected chi connectivity index (χ3v) is 6.74. The molecule has 0 unspecified atom stereocenters. The van der Waals surface area contributed by atoms with Crippen LogP contribution in [0, 0.1) is 11.3 Å². The Bertz CT molecular complexity index is 1600. The number of aliphatic hydroxyl groups is 1. The Morgan fingerprint density at radius 2 is 1.84 bits per heavy atom. The van der Waals surface area contributed by atoms with E-state index in [1.807, 2.05) is 53.4 Å². The summed E-state index contributed by atoms with van der Waals surface area (Å²) >= 11 is 0. The molecule has 1 amide bonds. The normalized spacial score (nSPS) is 13.9. The molecule has 0 radical (unpaired) electrons. The average Bonchev–Trinajstić information content (AvgIpc) is 3.47. The number of rotatable bonds is 8. The van der Waals surface area contributed by atoms with Crippen LogP contribution in [0.15, 0.2) is 67.1 Å². The Hall–Kier alpha value is -5.00. The summed E-state index contributed by atoms with van der Waals surface area (Å²) in [4.78, 5) is 30.5. The number of hydrogen-bond acceptors (Lipinski definition) is 9. The maximum absolute atomic E-state index is 13.1. The molecule has 0 bridgehead atoms. The van der Waals surface area contributed by atoms with Crippen molar-refractivity contribution in [3.8, 4) is 22.9 Å². The summed E-state index contributed by atoms with van der Waals surface area (Å²) in [6.45, 7) is 2.49. The maximum Gasteiger partial charge on any atom is 0.446 e. The summed E-state index contributed by atoms with van der Waals surface area (Å²) in [7, 11) is 1.56. The van der Waals surface area contributed by atoms with Gasteiger partial charge in [-0.25, -0.2) is 9.50 Å². The number of pyridine rings is 2. The van der Waals surface area contributed by atoms with Gasteiger partial charge in [0, 0.05) is 50.6 Å². The van der Waals surface area contributed by atoms with E-state index in [1.54, 1.807) is 24.0 Å². The quantitative estimate of drug-likeness (QED) is 0.298. The Morgan fingerprint density at radius 3 is 2.41 bits per heavy atom. The highest BCUT2D eigenvalue weighted by Crippen LogP contribution is 2.31. The molecule has 1 saturated heterocycles. The SMILES string of the molecule is CO[C@H](C(=O)N1CCN(c2ccc(-c3cc(OCCO)cn4ncc(C#N)c34)cn2)CC1)c1ccccc1.O=CC(F)(F)F. The zero-order valence-corrected chi connectivity index (χ0v) is 23.6. The number of carbonyl (C=O) groups is 2. The molecule has 1 atom stereocenters. The number of aldehydes is 1. The highest BCUT2D eigenvalue weighted by atomic mass is 19.4. The summed E-state index contributed by atoms with van der Waals surface area (Å²) in [5.74, 6) is 1.30. The Labute approximate surface area is 250 Å². The second-order valence-electron chi connectivity index (χ2n) is 9.53. The van der Waals surface area contributed by atoms with Gasteiger partial charge in [0.25, 0.3) is 5.91 Å². The predicted molar refractivity (Wildman–Crippen MR) is 153 cm³/mol. The lowest BCUT2D eigenvalue weighted by atomic mass is 10.1. The van der Waals surface area contributed by atoms with Gasteiger partial charge in [0.2, 0.25) is 6.29 Å². The van der Waals surface area contributed by atoms with Crippen LogP contribution in [-0.2, 0) is 14.3 Å². The first-order valence-corrected chi connectivity index (χ1v) is 13.4. The maximum atomic E-state index is 13.1. The van der Waals surface area contributed by atoms with Gasteiger partial charge in [-0.05, 0) is 23.8 Å². The number of halogens is 3. The second kappa shape index (κ2) is 14.5. The molecular formula is C30H29F3N6O5. The molecule has 4 heterocycles. The summed E-state index contributed by atoms with van der Waals surface area (Å²) in [6, 6.07) is 17.4. The van der Waals surface area contributed by atoms with Gasteiger partial charge in [-0.2, -0.15) is 23.5 Å². The summed E-state index contributed by atoms with van der Waals surface area (Å²) in [5.41, 5.74) is 3.53. The Morgan fingerprint density at radius 1 is 1.14 bits per heavy atom. The number of alkyl halides is 3. The third kappa shape index (κ3) is 7.68. The van der Waals surface area contributed by atoms with Crippen molar-refractivity contribution in [2.45, 2.75) is 12.3 Å². The lowest BCUT2D eigenvalue weighted by Gasteiger charge is -2.36. The van der Waals surface area contributed by atoms with Crippen LogP contribution in [-0.4, -0.2) is 89.5 Å². The van der Waals surface area contributed by atoms with E-state index in [9.17, 15) is 23.2 Å². The van der Waals surface area contributed by atoms with Crippen molar-refractivity contribution in [2.75, 3.05) is 51.4 Å². The van der Waals surface area contributed by atoms with Crippen molar-refractivity contribution >= 4 is 23.5 Å². The standard InChI is InChI=1S/C28H28N6O4.C2HF3O/c1-37-27(20-5-3-2-4-6-20)28(36)33-11-9-32(10-12-33)25-8-7-21(17-30-25)24-15-23(38-14-13-35)19-34-26(24)22(16-29)18-31-34;3-2(4,5)1-6/h2-8,15,17-19,27,35H,9-14H2,1H3;1H/t27-;/m0./s1. The van der Waals surface area contributed by atoms with E-state index in [0.29, 0.717) is 43.0 Å². The first-order chi connectivity index (χ1) is 21.2. The van der Waals surface area contributed by atoms with Gasteiger partial charge in [0.05, 0.1) is 30.1 Å². The number of ether oxygens (including phenoxy) is 2. The smallest absolute Gasteiger partial charge is 0.446 e. The Kier molecular flexibility index (Phi) is 10.5. The number of amides is 1. The molecule has 3 aromatic heterocycles. The molecule has 4 aromatic rings. The predicted octanol–water partition coefficient (Wildman–Crippen LogP) is 3.42. The molecule has 0 aliphatic carbocycles. The molecule has 230 valence electrons. The number of carbonyl (C=O) groups excluding carboxylic acids is 2. The number of fused-ring (bicyclic) bond motifs is 1. The number of nitriles is 1. The van der Waals surface area contributed by atoms with Gasteiger partial charge in [0.15, 0.2) is 6.10 Å². The molecule has 0 saturated carbocycles. The number of nitrogens with zero attached hydrogens (tertiary/aromatic N) is 6. The fourth-order valence-corrected chi connectivity index (χ4v) is 4.70. The van der Waals surface area contributed by atoms with Crippen LogP contribution in [0.3, 0.4) is 0 Å². The molecule has 44 heavy (non-hydrogen) atoms. The summed E-state index contributed by atoms with van der Waals surface area (Å²) in [5, 5.41) is 23.0. The van der Waals surface area contributed by atoms with Gasteiger partial charge in [-0.15, -0.1) is 0 Å². The van der Waals surface area contributed by atoms with Gasteiger partial charge >= 0.3 is 6.18 Å². The fraction of sp³-hybridized carbons (Fsp3) is 0.300. The molecule has 1 N–H and O–H groups in total. The number of aromatic nitrogens is 3. The topological polar surface area (TPSA) is 133 Å². The van der Waals surface area contributed by atoms with Crippen LogP contribution < -0.4 is 9.64 Å². The lowest BCUT2D eigenvalue weighted by Crippen LogP contribution is -2.50. The molecule has 1 aliphatic heterocycles. The largest absolute Gasteiger partial charge is 0.490 e. The van der Waals surface area contributed by atoms with Gasteiger partial charge in [0.1, 0.15) is 24.2 Å². The minimum Gasteiger partial charge on any atom is -0.490 e. The molecular weight excluding hydrogens is 581 g/mol. The number of benzene rings is 1. The van der Waals surface area contributed by atoms with E-state index < -0.39 is 18.6 Å². The highest BCUT2D eigenvalue weighted by Gasteiger charge is 2.29. The second-order valence-corrected chi connectivity index (χ2v) is 9.53. The summed E-state index contributed by atoms with van der Waals surface area (Å²) in [6.07, 6.45) is -1.35. The molecule has 14 heteroatoms. The number of hydrogen-bond donors (Lipinski definition) is 1. The molecule has 5 rings (SSSR count). The van der Waals surface area contributed by atoms with E-state index in [-0.39, 0.29) is 19.1 Å². The van der Waals surface area contributed by atoms with Crippen molar-refractivity contribution in [3.63, 3.8) is 0 Å². The average molecular weight is 611 g/mol. The fourth-order valence-electron chi connectivity index (χ4n) is 4.70. The molecule has 0 spiro atoms. The van der Waals surface area contributed by atoms with Crippen molar-refractivity contribution in [3.05, 3.63) is 78.2 Å². The van der Waals surface area contributed by atoms with Crippen molar-refractivity contribution in [1.82, 2.24) is 19.5 Å². The van der Waals surface area contributed by atoms with Crippen LogP contribution in [0.4, 0.5) is 19.0 Å². The minimum absolute atomic E-state index is 0.0388. The highest BCUT2D eigenvalue weighted by molar-refractivity contribution is 5.85. The first-order valence-electron chi connectivity index (χ1n) is 13.4. The molecule has 1 fully saturated rings. The van der Waals surface area contributed by atoms with Crippen LogP contribution in [0.1, 0.15) is 17.2 Å². The van der Waals surface area contributed by atoms with E-state index in [4.69, 9.17) is 24.4 Å². The zero-order valence-electron chi connectivity index (χ0n) is 23.6. The number of anilines is 1. The van der Waals surface area contributed by atoms with Gasteiger partial charge < -0.3 is 24.4 Å².